The third-order valence-electron chi connectivity index (χ3n) is 2.86. The second-order valence-electron chi connectivity index (χ2n) is 4.64. The Morgan fingerprint density at radius 3 is 2.74 bits per heavy atom. The van der Waals surface area contributed by atoms with Crippen molar-refractivity contribution in [2.75, 3.05) is 18.1 Å². The third kappa shape index (κ3) is 6.29. The highest BCUT2D eigenvalue weighted by molar-refractivity contribution is 8.00. The number of primary amides is 1. The standard InChI is InChI=1S/C16H18N2O2S3/c17-15(19)11-23-14-6-2-1-5-13(14)16(20)18-7-9-21-10-12-4-3-8-22-12/h1-6,8H,7,9-11H2,(H2,17,19)(H,18,20). The summed E-state index contributed by atoms with van der Waals surface area (Å²) in [6.07, 6.45) is 0. The molecule has 1 aromatic carbocycles. The summed E-state index contributed by atoms with van der Waals surface area (Å²) in [5.74, 6) is 1.49. The molecule has 0 atom stereocenters. The molecule has 0 fully saturated rings. The highest BCUT2D eigenvalue weighted by Crippen LogP contribution is 2.22. The fraction of sp³-hybridized carbons (Fsp3) is 0.250. The molecule has 0 aliphatic rings. The first-order valence-corrected chi connectivity index (χ1v) is 10.1. The van der Waals surface area contributed by atoms with Gasteiger partial charge in [-0.15, -0.1) is 23.1 Å². The number of rotatable bonds is 9. The van der Waals surface area contributed by atoms with Gasteiger partial charge in [0.1, 0.15) is 0 Å². The number of nitrogens with one attached hydrogen (secondary N) is 1. The van der Waals surface area contributed by atoms with Crippen molar-refractivity contribution in [1.82, 2.24) is 5.32 Å². The Balaban J connectivity index is 1.77. The van der Waals surface area contributed by atoms with Gasteiger partial charge in [-0.2, -0.15) is 11.8 Å². The van der Waals surface area contributed by atoms with E-state index in [0.717, 1.165) is 16.4 Å². The van der Waals surface area contributed by atoms with E-state index in [9.17, 15) is 9.59 Å². The monoisotopic (exact) mass is 366 g/mol. The SMILES string of the molecule is NC(=O)CSc1ccccc1C(=O)NCCSCc1cccs1. The molecule has 23 heavy (non-hydrogen) atoms. The average molecular weight is 367 g/mol. The predicted octanol–water partition coefficient (Wildman–Crippen LogP) is 2.99. The molecule has 3 N–H and O–H groups in total. The van der Waals surface area contributed by atoms with Crippen LogP contribution < -0.4 is 11.1 Å². The summed E-state index contributed by atoms with van der Waals surface area (Å²) in [6, 6.07) is 11.4. The van der Waals surface area contributed by atoms with Gasteiger partial charge in [0.2, 0.25) is 5.91 Å². The molecule has 0 aliphatic heterocycles. The van der Waals surface area contributed by atoms with E-state index in [1.807, 2.05) is 24.3 Å². The van der Waals surface area contributed by atoms with Gasteiger partial charge in [-0.25, -0.2) is 0 Å². The smallest absolute Gasteiger partial charge is 0.252 e. The Morgan fingerprint density at radius 2 is 2.00 bits per heavy atom. The van der Waals surface area contributed by atoms with Crippen LogP contribution in [0.25, 0.3) is 0 Å². The molecular formula is C16H18N2O2S3. The number of carbonyl (C=O) groups excluding carboxylic acids is 2. The van der Waals surface area contributed by atoms with E-state index in [1.54, 1.807) is 29.2 Å². The number of carbonyl (C=O) groups is 2. The highest BCUT2D eigenvalue weighted by Gasteiger charge is 2.11. The maximum atomic E-state index is 12.3. The molecule has 0 unspecified atom stereocenters. The molecule has 4 nitrogen and oxygen atoms in total. The lowest BCUT2D eigenvalue weighted by Crippen LogP contribution is -2.26. The second kappa shape index (κ2) is 9.64. The van der Waals surface area contributed by atoms with E-state index in [0.29, 0.717) is 12.1 Å². The number of hydrogen-bond donors (Lipinski definition) is 2. The third-order valence-corrected chi connectivity index (χ3v) is 6.02. The van der Waals surface area contributed by atoms with Crippen LogP contribution in [0.15, 0.2) is 46.7 Å². The molecule has 7 heteroatoms. The zero-order chi connectivity index (χ0) is 16.5. The number of hydrogen-bond acceptors (Lipinski definition) is 5. The zero-order valence-electron chi connectivity index (χ0n) is 12.5. The van der Waals surface area contributed by atoms with Crippen LogP contribution in [-0.2, 0) is 10.5 Å². The molecule has 0 aliphatic carbocycles. The fourth-order valence-electron chi connectivity index (χ4n) is 1.83. The van der Waals surface area contributed by atoms with Crippen molar-refractivity contribution in [2.24, 2.45) is 5.73 Å². The lowest BCUT2D eigenvalue weighted by molar-refractivity contribution is -0.115. The van der Waals surface area contributed by atoms with Crippen molar-refractivity contribution in [3.63, 3.8) is 0 Å². The van der Waals surface area contributed by atoms with Crippen LogP contribution in [-0.4, -0.2) is 29.9 Å². The van der Waals surface area contributed by atoms with E-state index in [2.05, 4.69) is 16.8 Å². The highest BCUT2D eigenvalue weighted by atomic mass is 32.2. The van der Waals surface area contributed by atoms with Gasteiger partial charge in [-0.1, -0.05) is 18.2 Å². The van der Waals surface area contributed by atoms with Crippen molar-refractivity contribution in [3.8, 4) is 0 Å². The minimum absolute atomic E-state index is 0.116. The fourth-order valence-corrected chi connectivity index (χ4v) is 4.32. The van der Waals surface area contributed by atoms with Crippen LogP contribution in [0.2, 0.25) is 0 Å². The van der Waals surface area contributed by atoms with Crippen LogP contribution in [0.5, 0.6) is 0 Å². The van der Waals surface area contributed by atoms with Crippen molar-refractivity contribution >= 4 is 46.7 Å². The predicted molar refractivity (Wildman–Crippen MR) is 99.2 cm³/mol. The summed E-state index contributed by atoms with van der Waals surface area (Å²) < 4.78 is 0. The Labute approximate surface area is 148 Å². The summed E-state index contributed by atoms with van der Waals surface area (Å²) in [5.41, 5.74) is 5.74. The summed E-state index contributed by atoms with van der Waals surface area (Å²) in [5, 5.41) is 4.99. The normalized spacial score (nSPS) is 10.4. The van der Waals surface area contributed by atoms with Gasteiger partial charge in [-0.3, -0.25) is 9.59 Å². The van der Waals surface area contributed by atoms with Crippen LogP contribution in [0, 0.1) is 0 Å². The minimum Gasteiger partial charge on any atom is -0.369 e. The van der Waals surface area contributed by atoms with Crippen LogP contribution in [0.3, 0.4) is 0 Å². The Kier molecular flexibility index (Phi) is 7.51. The summed E-state index contributed by atoms with van der Waals surface area (Å²) in [6.45, 7) is 0.615. The lowest BCUT2D eigenvalue weighted by atomic mass is 10.2. The van der Waals surface area contributed by atoms with Gasteiger partial charge in [-0.05, 0) is 23.6 Å². The molecule has 1 aromatic heterocycles. The van der Waals surface area contributed by atoms with E-state index >= 15 is 0 Å². The molecule has 0 spiro atoms. The van der Waals surface area contributed by atoms with Crippen LogP contribution in [0.4, 0.5) is 0 Å². The molecule has 0 saturated heterocycles. The van der Waals surface area contributed by atoms with Crippen LogP contribution >= 0.6 is 34.9 Å². The maximum Gasteiger partial charge on any atom is 0.252 e. The van der Waals surface area contributed by atoms with Crippen molar-refractivity contribution in [2.45, 2.75) is 10.6 Å². The van der Waals surface area contributed by atoms with Crippen molar-refractivity contribution < 1.29 is 9.59 Å². The van der Waals surface area contributed by atoms with E-state index < -0.39 is 5.91 Å². The average Bonchev–Trinajstić information content (AvgIpc) is 3.06. The zero-order valence-corrected chi connectivity index (χ0v) is 14.9. The van der Waals surface area contributed by atoms with Gasteiger partial charge in [0, 0.05) is 27.8 Å². The van der Waals surface area contributed by atoms with Crippen LogP contribution in [0.1, 0.15) is 15.2 Å². The number of amides is 2. The summed E-state index contributed by atoms with van der Waals surface area (Å²) >= 11 is 4.83. The number of nitrogens with two attached hydrogens (primary N) is 1. The largest absolute Gasteiger partial charge is 0.369 e. The first kappa shape index (κ1) is 17.9. The quantitative estimate of drug-likeness (QED) is 0.529. The van der Waals surface area contributed by atoms with Gasteiger partial charge in [0.15, 0.2) is 0 Å². The van der Waals surface area contributed by atoms with Crippen molar-refractivity contribution in [3.05, 3.63) is 52.2 Å². The minimum atomic E-state index is -0.393. The topological polar surface area (TPSA) is 72.2 Å². The Morgan fingerprint density at radius 1 is 1.17 bits per heavy atom. The molecular weight excluding hydrogens is 348 g/mol. The molecule has 2 amide bonds. The summed E-state index contributed by atoms with van der Waals surface area (Å²) in [4.78, 5) is 25.3. The number of benzene rings is 1. The Hall–Kier alpha value is -1.44. The van der Waals surface area contributed by atoms with Gasteiger partial charge >= 0.3 is 0 Å². The van der Waals surface area contributed by atoms with Crippen molar-refractivity contribution in [1.29, 1.82) is 0 Å². The van der Waals surface area contributed by atoms with Gasteiger partial charge in [0.05, 0.1) is 11.3 Å². The molecule has 122 valence electrons. The number of thiophene rings is 1. The molecule has 0 bridgehead atoms. The Bertz CT molecular complexity index is 645. The van der Waals surface area contributed by atoms with Gasteiger partial charge in [0.25, 0.3) is 5.91 Å². The van der Waals surface area contributed by atoms with E-state index in [4.69, 9.17) is 5.73 Å². The van der Waals surface area contributed by atoms with Gasteiger partial charge < -0.3 is 11.1 Å². The number of thioether (sulfide) groups is 2. The molecule has 0 saturated carbocycles. The molecule has 0 radical (unpaired) electrons. The second-order valence-corrected chi connectivity index (χ2v) is 7.79. The summed E-state index contributed by atoms with van der Waals surface area (Å²) in [7, 11) is 0. The van der Waals surface area contributed by atoms with E-state index in [-0.39, 0.29) is 11.7 Å². The van der Waals surface area contributed by atoms with E-state index in [1.165, 1.54) is 16.6 Å². The maximum absolute atomic E-state index is 12.3. The molecule has 1 heterocycles. The molecule has 2 rings (SSSR count). The molecule has 2 aromatic rings. The lowest BCUT2D eigenvalue weighted by Gasteiger charge is -2.09. The first-order chi connectivity index (χ1) is 11.2. The first-order valence-electron chi connectivity index (χ1n) is 7.05.